The summed E-state index contributed by atoms with van der Waals surface area (Å²) in [7, 11) is -2.40. The van der Waals surface area contributed by atoms with E-state index in [0.717, 1.165) is 17.2 Å². The third-order valence-corrected chi connectivity index (χ3v) is 6.18. The maximum Gasteiger partial charge on any atom is 0.247 e. The van der Waals surface area contributed by atoms with Crippen LogP contribution in [0.2, 0.25) is 0 Å². The number of sulfonamides is 1. The van der Waals surface area contributed by atoms with Crippen LogP contribution in [0.15, 0.2) is 53.4 Å². The van der Waals surface area contributed by atoms with Gasteiger partial charge >= 0.3 is 0 Å². The van der Waals surface area contributed by atoms with Crippen LogP contribution in [0.3, 0.4) is 0 Å². The Kier molecular flexibility index (Phi) is 5.11. The fraction of sp³-hybridized carbons (Fsp3) is 0.211. The van der Waals surface area contributed by atoms with Gasteiger partial charge in [0.25, 0.3) is 0 Å². The molecule has 0 unspecified atom stereocenters. The molecule has 0 bridgehead atoms. The van der Waals surface area contributed by atoms with Gasteiger partial charge in [-0.05, 0) is 41.3 Å². The van der Waals surface area contributed by atoms with E-state index in [1.54, 1.807) is 6.07 Å². The monoisotopic (exact) mass is 372 g/mol. The molecule has 1 aliphatic rings. The zero-order valence-corrected chi connectivity index (χ0v) is 15.0. The van der Waals surface area contributed by atoms with E-state index in [9.17, 15) is 18.3 Å². The van der Waals surface area contributed by atoms with E-state index in [-0.39, 0.29) is 10.6 Å². The SMILES string of the molecule is COc1ccc(/C=C/C(=O)[O-])cc1S(=O)(=O)N1CCc2ccccc2C1. The first-order valence-corrected chi connectivity index (χ1v) is 9.50. The molecule has 0 radical (unpaired) electrons. The molecule has 0 N–H and O–H groups in total. The van der Waals surface area contributed by atoms with Gasteiger partial charge in [-0.3, -0.25) is 0 Å². The average molecular weight is 372 g/mol. The second kappa shape index (κ2) is 7.31. The number of carboxylic acid groups (broad SMARTS) is 1. The van der Waals surface area contributed by atoms with Gasteiger partial charge in [0.1, 0.15) is 10.6 Å². The number of nitrogens with zero attached hydrogens (tertiary/aromatic N) is 1. The van der Waals surface area contributed by atoms with Crippen LogP contribution in [-0.4, -0.2) is 32.3 Å². The van der Waals surface area contributed by atoms with Crippen molar-refractivity contribution in [1.82, 2.24) is 4.31 Å². The molecule has 0 saturated carbocycles. The van der Waals surface area contributed by atoms with Crippen molar-refractivity contribution < 1.29 is 23.1 Å². The lowest BCUT2D eigenvalue weighted by Gasteiger charge is -2.28. The minimum absolute atomic E-state index is 0.0138. The lowest BCUT2D eigenvalue weighted by atomic mass is 10.0. The molecule has 0 fully saturated rings. The largest absolute Gasteiger partial charge is 0.545 e. The van der Waals surface area contributed by atoms with Gasteiger partial charge in [0.2, 0.25) is 10.0 Å². The molecule has 7 heteroatoms. The molecule has 0 atom stereocenters. The highest BCUT2D eigenvalue weighted by molar-refractivity contribution is 7.89. The van der Waals surface area contributed by atoms with Crippen molar-refractivity contribution >= 4 is 22.1 Å². The van der Waals surface area contributed by atoms with E-state index in [2.05, 4.69) is 0 Å². The van der Waals surface area contributed by atoms with Gasteiger partial charge in [0, 0.05) is 13.1 Å². The van der Waals surface area contributed by atoms with Crippen LogP contribution >= 0.6 is 0 Å². The third kappa shape index (κ3) is 3.63. The summed E-state index contributed by atoms with van der Waals surface area (Å²) in [5.41, 5.74) is 2.57. The van der Waals surface area contributed by atoms with Crippen molar-refractivity contribution in [2.24, 2.45) is 0 Å². The summed E-state index contributed by atoms with van der Waals surface area (Å²) < 4.78 is 33.0. The quantitative estimate of drug-likeness (QED) is 0.736. The van der Waals surface area contributed by atoms with E-state index in [0.29, 0.717) is 25.1 Å². The Morgan fingerprint density at radius 1 is 1.19 bits per heavy atom. The molecule has 0 saturated heterocycles. The van der Waals surface area contributed by atoms with Gasteiger partial charge in [0.15, 0.2) is 0 Å². The molecule has 26 heavy (non-hydrogen) atoms. The number of carboxylic acids is 1. The number of benzene rings is 2. The Balaban J connectivity index is 1.98. The fourth-order valence-corrected chi connectivity index (χ4v) is 4.59. The number of ether oxygens (including phenoxy) is 1. The Hall–Kier alpha value is -2.64. The highest BCUT2D eigenvalue weighted by Gasteiger charge is 2.30. The molecule has 2 aromatic rings. The van der Waals surface area contributed by atoms with Crippen LogP contribution < -0.4 is 9.84 Å². The molecule has 0 amide bonds. The van der Waals surface area contributed by atoms with Gasteiger partial charge in [-0.25, -0.2) is 8.42 Å². The number of hydrogen-bond acceptors (Lipinski definition) is 5. The maximum absolute atomic E-state index is 13.2. The predicted molar refractivity (Wildman–Crippen MR) is 94.8 cm³/mol. The summed E-state index contributed by atoms with van der Waals surface area (Å²) in [6.07, 6.45) is 2.79. The van der Waals surface area contributed by atoms with Gasteiger partial charge in [-0.1, -0.05) is 36.4 Å². The topological polar surface area (TPSA) is 86.7 Å². The van der Waals surface area contributed by atoms with Crippen molar-refractivity contribution in [3.05, 3.63) is 65.2 Å². The number of hydrogen-bond donors (Lipinski definition) is 0. The summed E-state index contributed by atoms with van der Waals surface area (Å²) in [5, 5.41) is 10.6. The van der Waals surface area contributed by atoms with E-state index in [4.69, 9.17) is 4.74 Å². The lowest BCUT2D eigenvalue weighted by molar-refractivity contribution is -0.297. The number of carbonyl (C=O) groups excluding carboxylic acids is 1. The predicted octanol–water partition coefficient (Wildman–Crippen LogP) is 1.21. The zero-order chi connectivity index (χ0) is 18.7. The van der Waals surface area contributed by atoms with Crippen molar-refractivity contribution in [1.29, 1.82) is 0 Å². The summed E-state index contributed by atoms with van der Waals surface area (Å²) in [4.78, 5) is 10.6. The Morgan fingerprint density at radius 3 is 2.62 bits per heavy atom. The fourth-order valence-electron chi connectivity index (χ4n) is 2.98. The smallest absolute Gasteiger partial charge is 0.247 e. The van der Waals surface area contributed by atoms with Crippen LogP contribution in [0.4, 0.5) is 0 Å². The summed E-state index contributed by atoms with van der Waals surface area (Å²) in [6, 6.07) is 12.3. The van der Waals surface area contributed by atoms with E-state index in [1.165, 1.54) is 29.6 Å². The molecule has 1 aliphatic heterocycles. The van der Waals surface area contributed by atoms with Gasteiger partial charge in [-0.15, -0.1) is 0 Å². The second-order valence-corrected chi connectivity index (χ2v) is 7.83. The lowest BCUT2D eigenvalue weighted by Crippen LogP contribution is -2.36. The highest BCUT2D eigenvalue weighted by Crippen LogP contribution is 2.31. The summed E-state index contributed by atoms with van der Waals surface area (Å²) in [5.74, 6) is -1.13. The number of rotatable bonds is 5. The normalized spacial score (nSPS) is 15.0. The molecule has 6 nitrogen and oxygen atoms in total. The first-order chi connectivity index (χ1) is 12.4. The number of aliphatic carboxylic acids is 1. The highest BCUT2D eigenvalue weighted by atomic mass is 32.2. The summed E-state index contributed by atoms with van der Waals surface area (Å²) in [6.45, 7) is 0.669. The Morgan fingerprint density at radius 2 is 1.92 bits per heavy atom. The third-order valence-electron chi connectivity index (χ3n) is 4.31. The first kappa shape index (κ1) is 18.2. The molecule has 0 spiro atoms. The van der Waals surface area contributed by atoms with Crippen molar-refractivity contribution in [3.8, 4) is 5.75 Å². The Bertz CT molecular complexity index is 966. The first-order valence-electron chi connectivity index (χ1n) is 8.06. The standard InChI is InChI=1S/C19H19NO5S/c1-25-17-8-6-14(7-9-19(21)22)12-18(17)26(23,24)20-11-10-15-4-2-3-5-16(15)13-20/h2-9,12H,10-11,13H2,1H3,(H,21,22)/p-1/b9-7+. The number of methoxy groups -OCH3 is 1. The van der Waals surface area contributed by atoms with Gasteiger partial charge < -0.3 is 14.6 Å². The Labute approximate surface area is 152 Å². The molecular formula is C19H18NO5S-. The average Bonchev–Trinajstić information content (AvgIpc) is 2.65. The van der Waals surface area contributed by atoms with E-state index >= 15 is 0 Å². The molecule has 0 aliphatic carbocycles. The molecule has 2 aromatic carbocycles. The van der Waals surface area contributed by atoms with Crippen LogP contribution in [0, 0.1) is 0 Å². The van der Waals surface area contributed by atoms with Crippen molar-refractivity contribution in [2.45, 2.75) is 17.9 Å². The molecular weight excluding hydrogens is 354 g/mol. The minimum Gasteiger partial charge on any atom is -0.545 e. The molecule has 3 rings (SSSR count). The minimum atomic E-state index is -3.80. The van der Waals surface area contributed by atoms with Crippen LogP contribution in [0.5, 0.6) is 5.75 Å². The number of carbonyl (C=O) groups is 1. The van der Waals surface area contributed by atoms with Crippen LogP contribution in [0.25, 0.3) is 6.08 Å². The second-order valence-electron chi connectivity index (χ2n) is 5.92. The van der Waals surface area contributed by atoms with Gasteiger partial charge in [0.05, 0.1) is 13.1 Å². The van der Waals surface area contributed by atoms with Crippen molar-refractivity contribution in [2.75, 3.05) is 13.7 Å². The summed E-state index contributed by atoms with van der Waals surface area (Å²) >= 11 is 0. The molecule has 0 aromatic heterocycles. The zero-order valence-electron chi connectivity index (χ0n) is 14.2. The maximum atomic E-state index is 13.2. The van der Waals surface area contributed by atoms with Crippen molar-refractivity contribution in [3.63, 3.8) is 0 Å². The molecule has 136 valence electrons. The molecule has 1 heterocycles. The van der Waals surface area contributed by atoms with E-state index < -0.39 is 16.0 Å². The van der Waals surface area contributed by atoms with Gasteiger partial charge in [-0.2, -0.15) is 4.31 Å². The van der Waals surface area contributed by atoms with Crippen LogP contribution in [0.1, 0.15) is 16.7 Å². The van der Waals surface area contributed by atoms with E-state index in [1.807, 2.05) is 24.3 Å². The number of fused-ring (bicyclic) bond motifs is 1. The van der Waals surface area contributed by atoms with Crippen LogP contribution in [-0.2, 0) is 27.8 Å².